The van der Waals surface area contributed by atoms with Gasteiger partial charge in [0.15, 0.2) is 0 Å². The molecule has 0 aliphatic heterocycles. The molecule has 0 unspecified atom stereocenters. The zero-order valence-electron chi connectivity index (χ0n) is 9.29. The van der Waals surface area contributed by atoms with E-state index in [1.54, 1.807) is 18.2 Å². The zero-order valence-corrected chi connectivity index (χ0v) is 12.5. The van der Waals surface area contributed by atoms with Gasteiger partial charge in [-0.25, -0.2) is 4.39 Å². The average Bonchev–Trinajstić information content (AvgIpc) is 2.35. The number of nitrogens with two attached hydrogens (primary N) is 1. The van der Waals surface area contributed by atoms with E-state index in [0.29, 0.717) is 22.5 Å². The summed E-state index contributed by atoms with van der Waals surface area (Å²) in [6.45, 7) is 0.326. The molecule has 5 heteroatoms. The van der Waals surface area contributed by atoms with Crippen LogP contribution in [0.5, 0.6) is 5.75 Å². The Labute approximate surface area is 121 Å². The highest BCUT2D eigenvalue weighted by Crippen LogP contribution is 2.26. The van der Waals surface area contributed by atoms with E-state index in [1.165, 1.54) is 6.07 Å². The highest BCUT2D eigenvalue weighted by molar-refractivity contribution is 9.11. The van der Waals surface area contributed by atoms with Gasteiger partial charge < -0.3 is 10.5 Å². The summed E-state index contributed by atoms with van der Waals surface area (Å²) in [6.07, 6.45) is 0. The number of hydrogen-bond acceptors (Lipinski definition) is 2. The molecule has 0 aliphatic rings. The second-order valence-corrected chi connectivity index (χ2v) is 5.33. The van der Waals surface area contributed by atoms with Gasteiger partial charge in [-0.05, 0) is 50.1 Å². The lowest BCUT2D eigenvalue weighted by atomic mass is 10.2. The first-order valence-corrected chi connectivity index (χ1v) is 6.77. The second-order valence-electron chi connectivity index (χ2n) is 3.68. The first-order valence-electron chi connectivity index (χ1n) is 5.18. The second kappa shape index (κ2) is 5.71. The number of halogens is 3. The first kappa shape index (κ1) is 13.4. The van der Waals surface area contributed by atoms with Crippen LogP contribution in [0.3, 0.4) is 0 Å². The number of rotatable bonds is 3. The Balaban J connectivity index is 2.11. The third kappa shape index (κ3) is 3.03. The Hall–Kier alpha value is -1.07. The molecule has 2 nitrogen and oxygen atoms in total. The third-order valence-electron chi connectivity index (χ3n) is 2.39. The van der Waals surface area contributed by atoms with Crippen LogP contribution in [0, 0.1) is 5.82 Å². The maximum absolute atomic E-state index is 13.3. The molecule has 0 radical (unpaired) electrons. The van der Waals surface area contributed by atoms with Crippen LogP contribution in [0.15, 0.2) is 45.3 Å². The largest absolute Gasteiger partial charge is 0.489 e. The van der Waals surface area contributed by atoms with E-state index >= 15 is 0 Å². The van der Waals surface area contributed by atoms with Crippen molar-refractivity contribution in [3.8, 4) is 5.75 Å². The minimum absolute atomic E-state index is 0.326. The fraction of sp³-hybridized carbons (Fsp3) is 0.0769. The van der Waals surface area contributed by atoms with Crippen molar-refractivity contribution in [2.75, 3.05) is 5.73 Å². The molecule has 2 rings (SSSR count). The molecule has 0 atom stereocenters. The van der Waals surface area contributed by atoms with Gasteiger partial charge in [0.25, 0.3) is 0 Å². The summed E-state index contributed by atoms with van der Waals surface area (Å²) < 4.78 is 20.0. The van der Waals surface area contributed by atoms with E-state index in [0.717, 1.165) is 10.0 Å². The van der Waals surface area contributed by atoms with Crippen molar-refractivity contribution < 1.29 is 9.13 Å². The monoisotopic (exact) mass is 373 g/mol. The van der Waals surface area contributed by atoms with E-state index in [9.17, 15) is 4.39 Å². The van der Waals surface area contributed by atoms with E-state index in [2.05, 4.69) is 31.9 Å². The van der Waals surface area contributed by atoms with E-state index in [4.69, 9.17) is 10.5 Å². The number of benzene rings is 2. The molecule has 2 N–H and O–H groups in total. The maximum atomic E-state index is 13.3. The predicted molar refractivity (Wildman–Crippen MR) is 77.0 cm³/mol. The van der Waals surface area contributed by atoms with Crippen molar-refractivity contribution in [2.45, 2.75) is 6.61 Å². The first-order chi connectivity index (χ1) is 8.58. The summed E-state index contributed by atoms with van der Waals surface area (Å²) >= 11 is 6.49. The highest BCUT2D eigenvalue weighted by atomic mass is 79.9. The summed E-state index contributed by atoms with van der Waals surface area (Å²) in [5.41, 5.74) is 7.33. The molecule has 18 heavy (non-hydrogen) atoms. The van der Waals surface area contributed by atoms with E-state index in [1.807, 2.05) is 12.1 Å². The molecule has 0 aromatic heterocycles. The van der Waals surface area contributed by atoms with E-state index < -0.39 is 0 Å². The topological polar surface area (TPSA) is 35.2 Å². The van der Waals surface area contributed by atoms with Crippen LogP contribution >= 0.6 is 31.9 Å². The van der Waals surface area contributed by atoms with Crippen LogP contribution in [0.2, 0.25) is 0 Å². The van der Waals surface area contributed by atoms with Crippen molar-refractivity contribution in [1.82, 2.24) is 0 Å². The number of nitrogen functional groups attached to an aromatic ring is 1. The summed E-state index contributed by atoms with van der Waals surface area (Å²) in [7, 11) is 0. The average molecular weight is 375 g/mol. The fourth-order valence-corrected chi connectivity index (χ4v) is 2.06. The van der Waals surface area contributed by atoms with Gasteiger partial charge in [0.05, 0.1) is 4.47 Å². The van der Waals surface area contributed by atoms with Crippen LogP contribution in [0.4, 0.5) is 10.1 Å². The number of ether oxygens (including phenoxy) is 1. The van der Waals surface area contributed by atoms with Crippen LogP contribution < -0.4 is 10.5 Å². The molecule has 0 bridgehead atoms. The molecular formula is C13H10Br2FNO. The Bertz CT molecular complexity index is 575. The molecule has 0 saturated heterocycles. The fourth-order valence-electron chi connectivity index (χ4n) is 1.44. The molecule has 0 heterocycles. The standard InChI is InChI=1S/C13H10Br2FNO/c14-10-5-4-9(6-11(10)16)18-7-8-2-1-3-12(17)13(8)15/h1-6H,7,17H2. The Kier molecular flexibility index (Phi) is 4.24. The van der Waals surface area contributed by atoms with Crippen LogP contribution in [-0.2, 0) is 6.61 Å². The van der Waals surface area contributed by atoms with Crippen LogP contribution in [-0.4, -0.2) is 0 Å². The van der Waals surface area contributed by atoms with Crippen molar-refractivity contribution in [3.05, 3.63) is 56.7 Å². The Morgan fingerprint density at radius 1 is 1.17 bits per heavy atom. The minimum atomic E-state index is -0.348. The van der Waals surface area contributed by atoms with Crippen molar-refractivity contribution >= 4 is 37.5 Å². The smallest absolute Gasteiger partial charge is 0.141 e. The van der Waals surface area contributed by atoms with Crippen molar-refractivity contribution in [3.63, 3.8) is 0 Å². The van der Waals surface area contributed by atoms with Gasteiger partial charge in [-0.15, -0.1) is 0 Å². The summed E-state index contributed by atoms with van der Waals surface area (Å²) in [5, 5.41) is 0. The summed E-state index contributed by atoms with van der Waals surface area (Å²) in [6, 6.07) is 10.2. The Morgan fingerprint density at radius 2 is 1.94 bits per heavy atom. The van der Waals surface area contributed by atoms with Gasteiger partial charge in [0.2, 0.25) is 0 Å². The zero-order chi connectivity index (χ0) is 13.1. The third-order valence-corrected chi connectivity index (χ3v) is 4.00. The molecule has 0 amide bonds. The molecule has 94 valence electrons. The Morgan fingerprint density at radius 3 is 2.67 bits per heavy atom. The number of hydrogen-bond donors (Lipinski definition) is 1. The quantitative estimate of drug-likeness (QED) is 0.802. The lowest BCUT2D eigenvalue weighted by Gasteiger charge is -2.09. The molecule has 0 spiro atoms. The van der Waals surface area contributed by atoms with Gasteiger partial charge >= 0.3 is 0 Å². The SMILES string of the molecule is Nc1cccc(COc2ccc(Br)c(F)c2)c1Br. The molecule has 0 aliphatic carbocycles. The van der Waals surface area contributed by atoms with Crippen LogP contribution in [0.1, 0.15) is 5.56 Å². The van der Waals surface area contributed by atoms with Gasteiger partial charge in [0.1, 0.15) is 18.2 Å². The predicted octanol–water partition coefficient (Wildman–Crippen LogP) is 4.51. The lowest BCUT2D eigenvalue weighted by Crippen LogP contribution is -1.99. The summed E-state index contributed by atoms with van der Waals surface area (Å²) in [4.78, 5) is 0. The maximum Gasteiger partial charge on any atom is 0.141 e. The molecule has 2 aromatic carbocycles. The minimum Gasteiger partial charge on any atom is -0.489 e. The molecule has 0 saturated carbocycles. The highest BCUT2D eigenvalue weighted by Gasteiger charge is 2.05. The van der Waals surface area contributed by atoms with Gasteiger partial charge in [-0.3, -0.25) is 0 Å². The van der Waals surface area contributed by atoms with Crippen molar-refractivity contribution in [1.29, 1.82) is 0 Å². The van der Waals surface area contributed by atoms with Crippen molar-refractivity contribution in [2.24, 2.45) is 0 Å². The van der Waals surface area contributed by atoms with E-state index in [-0.39, 0.29) is 5.82 Å². The lowest BCUT2D eigenvalue weighted by molar-refractivity contribution is 0.304. The molecular weight excluding hydrogens is 365 g/mol. The van der Waals surface area contributed by atoms with Gasteiger partial charge in [-0.1, -0.05) is 12.1 Å². The normalized spacial score (nSPS) is 10.4. The summed E-state index contributed by atoms with van der Waals surface area (Å²) in [5.74, 6) is 0.129. The molecule has 2 aromatic rings. The number of anilines is 1. The molecule has 0 fully saturated rings. The van der Waals surface area contributed by atoms with Crippen LogP contribution in [0.25, 0.3) is 0 Å². The van der Waals surface area contributed by atoms with Gasteiger partial charge in [-0.2, -0.15) is 0 Å². The van der Waals surface area contributed by atoms with Gasteiger partial charge in [0, 0.05) is 21.8 Å².